The van der Waals surface area contributed by atoms with Crippen LogP contribution in [0.5, 0.6) is 0 Å². The third-order valence-corrected chi connectivity index (χ3v) is 6.67. The van der Waals surface area contributed by atoms with Crippen LogP contribution < -0.4 is 9.80 Å². The van der Waals surface area contributed by atoms with Crippen molar-refractivity contribution < 1.29 is 13.3 Å². The lowest BCUT2D eigenvalue weighted by molar-refractivity contribution is 0.112. The number of hydrogen-bond acceptors (Lipinski definition) is 7. The zero-order valence-electron chi connectivity index (χ0n) is 18.5. The van der Waals surface area contributed by atoms with Gasteiger partial charge in [0.15, 0.2) is 5.82 Å². The fourth-order valence-corrected chi connectivity index (χ4v) is 4.92. The number of halogens is 2. The molecule has 0 aliphatic carbocycles. The molecule has 170 valence electrons. The normalized spacial score (nSPS) is 22.9. The van der Waals surface area contributed by atoms with Crippen LogP contribution in [0.2, 0.25) is 0 Å². The molecule has 0 aromatic carbocycles. The van der Waals surface area contributed by atoms with Gasteiger partial charge in [-0.25, -0.2) is 13.6 Å². The highest BCUT2D eigenvalue weighted by Crippen LogP contribution is 2.33. The molecule has 2 fully saturated rings. The van der Waals surface area contributed by atoms with E-state index in [-0.39, 0.29) is 11.8 Å². The fraction of sp³-hybridized carbons (Fsp3) is 0.619. The Hall–Kier alpha value is -2.22. The second kappa shape index (κ2) is 10.4. The average molecular weight is 453 g/mol. The molecule has 0 N–H and O–H groups in total. The minimum absolute atomic E-state index is 0.259. The van der Waals surface area contributed by atoms with E-state index in [0.29, 0.717) is 11.9 Å². The first-order valence-electron chi connectivity index (χ1n) is 10.4. The van der Waals surface area contributed by atoms with Gasteiger partial charge in [0.2, 0.25) is 10.8 Å². The van der Waals surface area contributed by atoms with Crippen LogP contribution in [0.15, 0.2) is 22.7 Å². The summed E-state index contributed by atoms with van der Waals surface area (Å²) in [6, 6.07) is 6.11. The quantitative estimate of drug-likeness (QED) is 0.651. The molecule has 4 heterocycles. The van der Waals surface area contributed by atoms with Gasteiger partial charge in [0.1, 0.15) is 0 Å². The van der Waals surface area contributed by atoms with Crippen LogP contribution in [-0.2, 0) is 0 Å². The summed E-state index contributed by atoms with van der Waals surface area (Å²) in [7, 11) is 4.20. The molecule has 2 aliphatic rings. The van der Waals surface area contributed by atoms with E-state index in [4.69, 9.17) is 6.57 Å². The van der Waals surface area contributed by atoms with Crippen LogP contribution >= 0.6 is 11.3 Å². The van der Waals surface area contributed by atoms with Crippen molar-refractivity contribution in [2.75, 3.05) is 63.2 Å². The minimum Gasteiger partial charge on any atom is -0.359 e. The van der Waals surface area contributed by atoms with Crippen molar-refractivity contribution in [1.29, 1.82) is 0 Å². The van der Waals surface area contributed by atoms with Crippen molar-refractivity contribution in [2.45, 2.75) is 32.4 Å². The Labute approximate surface area is 186 Å². The molecular formula is C21H30F2N6OS. The average Bonchev–Trinajstić information content (AvgIpc) is 3.38. The van der Waals surface area contributed by atoms with Gasteiger partial charge in [-0.2, -0.15) is 0 Å². The molecular weight excluding hydrogens is 422 g/mol. The molecule has 10 heteroatoms. The molecule has 0 amide bonds. The van der Waals surface area contributed by atoms with E-state index in [9.17, 15) is 8.78 Å². The summed E-state index contributed by atoms with van der Waals surface area (Å²) in [6.07, 6.45) is -2.59. The van der Waals surface area contributed by atoms with Gasteiger partial charge < -0.3 is 24.1 Å². The zero-order valence-corrected chi connectivity index (χ0v) is 19.3. The lowest BCUT2D eigenvalue weighted by atomic mass is 10.2. The molecule has 2 saturated heterocycles. The monoisotopic (exact) mass is 452 g/mol. The fourth-order valence-electron chi connectivity index (χ4n) is 4.00. The van der Waals surface area contributed by atoms with Crippen molar-refractivity contribution in [1.82, 2.24) is 15.0 Å². The topological polar surface area (TPSA) is 43.4 Å². The van der Waals surface area contributed by atoms with Crippen molar-refractivity contribution in [3.63, 3.8) is 0 Å². The van der Waals surface area contributed by atoms with Gasteiger partial charge >= 0.3 is 0 Å². The summed E-state index contributed by atoms with van der Waals surface area (Å²) in [4.78, 5) is 12.4. The summed E-state index contributed by atoms with van der Waals surface area (Å²) in [6.45, 7) is 17.1. The lowest BCUT2D eigenvalue weighted by Gasteiger charge is -2.39. The van der Waals surface area contributed by atoms with E-state index in [1.54, 1.807) is 11.3 Å². The van der Waals surface area contributed by atoms with Gasteiger partial charge in [-0.3, -0.25) is 0 Å². The molecule has 2 aliphatic heterocycles. The number of rotatable bonds is 3. The Morgan fingerprint density at radius 2 is 1.68 bits per heavy atom. The maximum absolute atomic E-state index is 12.3. The molecule has 2 aromatic heterocycles. The number of hydrogen-bond donors (Lipinski definition) is 0. The Balaban J connectivity index is 0.000000176. The second-order valence-electron chi connectivity index (χ2n) is 8.22. The molecule has 0 bridgehead atoms. The molecule has 0 spiro atoms. The number of anilines is 2. The van der Waals surface area contributed by atoms with E-state index in [1.165, 1.54) is 11.1 Å². The SMILES string of the molecule is C[C@@H]1CN(C)CCN1c1cc(C(F)F)on1.[C-]#[N+]c1ccc(N2CCN(C)C[C@H]2C)s1. The summed E-state index contributed by atoms with van der Waals surface area (Å²) in [5, 5.41) is 5.71. The molecule has 4 rings (SSSR count). The van der Waals surface area contributed by atoms with Gasteiger partial charge in [-0.05, 0) is 40.1 Å². The lowest BCUT2D eigenvalue weighted by Crippen LogP contribution is -2.50. The first-order chi connectivity index (χ1) is 14.8. The van der Waals surface area contributed by atoms with Crippen LogP contribution in [0.25, 0.3) is 4.85 Å². The summed E-state index contributed by atoms with van der Waals surface area (Å²) in [5.41, 5.74) is 0. The first-order valence-corrected chi connectivity index (χ1v) is 11.2. The third-order valence-electron chi connectivity index (χ3n) is 5.66. The second-order valence-corrected chi connectivity index (χ2v) is 9.26. The van der Waals surface area contributed by atoms with Gasteiger partial charge in [-0.15, -0.1) is 11.3 Å². The predicted molar refractivity (Wildman–Crippen MR) is 121 cm³/mol. The first kappa shape index (κ1) is 23.4. The van der Waals surface area contributed by atoms with Gasteiger partial charge in [0, 0.05) is 57.4 Å². The van der Waals surface area contributed by atoms with E-state index >= 15 is 0 Å². The highest BCUT2D eigenvalue weighted by atomic mass is 32.1. The van der Waals surface area contributed by atoms with E-state index in [2.05, 4.69) is 49.3 Å². The van der Waals surface area contributed by atoms with Crippen LogP contribution in [0.1, 0.15) is 26.0 Å². The van der Waals surface area contributed by atoms with Crippen molar-refractivity contribution >= 4 is 27.2 Å². The molecule has 7 nitrogen and oxygen atoms in total. The summed E-state index contributed by atoms with van der Waals surface area (Å²) < 4.78 is 29.3. The predicted octanol–water partition coefficient (Wildman–Crippen LogP) is 4.19. The number of aromatic nitrogens is 1. The summed E-state index contributed by atoms with van der Waals surface area (Å²) in [5.74, 6) is 0.150. The van der Waals surface area contributed by atoms with Gasteiger partial charge in [0.05, 0.1) is 11.6 Å². The number of likely N-dealkylation sites (N-methyl/N-ethyl adjacent to an activating group) is 2. The maximum Gasteiger partial charge on any atom is 0.298 e. The Morgan fingerprint density at radius 1 is 1.06 bits per heavy atom. The van der Waals surface area contributed by atoms with Crippen molar-refractivity contribution in [3.8, 4) is 0 Å². The summed E-state index contributed by atoms with van der Waals surface area (Å²) >= 11 is 1.60. The smallest absolute Gasteiger partial charge is 0.298 e. The molecule has 0 unspecified atom stereocenters. The van der Waals surface area contributed by atoms with Crippen molar-refractivity contribution in [2.24, 2.45) is 0 Å². The van der Waals surface area contributed by atoms with Crippen LogP contribution in [-0.4, -0.2) is 80.4 Å². The number of nitrogens with zero attached hydrogens (tertiary/aromatic N) is 6. The van der Waals surface area contributed by atoms with Crippen LogP contribution in [0.4, 0.5) is 24.6 Å². The largest absolute Gasteiger partial charge is 0.359 e. The number of piperazine rings is 2. The van der Waals surface area contributed by atoms with Crippen LogP contribution in [0.3, 0.4) is 0 Å². The van der Waals surface area contributed by atoms with E-state index in [1.807, 2.05) is 24.9 Å². The Kier molecular flexibility index (Phi) is 7.86. The molecule has 0 saturated carbocycles. The molecule has 2 atom stereocenters. The third kappa shape index (κ3) is 5.93. The minimum atomic E-state index is -2.59. The molecule has 0 radical (unpaired) electrons. The standard InChI is InChI=1S/C11H15N3S.C10H15F2N3O/c1-9-8-13(3)6-7-14(9)11-5-4-10(12-2)15-11;1-7-6-14(2)3-4-15(7)9-5-8(10(11)12)16-13-9/h4-5,9H,6-8H2,1,3H3;5,7,10H,3-4,6H2,1-2H3/t9-;7-/m11/s1. The van der Waals surface area contributed by atoms with Crippen molar-refractivity contribution in [3.05, 3.63) is 35.4 Å². The van der Waals surface area contributed by atoms with E-state index in [0.717, 1.165) is 44.3 Å². The number of thiophene rings is 1. The zero-order chi connectivity index (χ0) is 22.5. The molecule has 2 aromatic rings. The Morgan fingerprint density at radius 3 is 2.16 bits per heavy atom. The number of alkyl halides is 2. The van der Waals surface area contributed by atoms with Crippen LogP contribution in [0, 0.1) is 6.57 Å². The van der Waals surface area contributed by atoms with Gasteiger partial charge in [0.25, 0.3) is 6.43 Å². The Bertz CT molecular complexity index is 881. The highest BCUT2D eigenvalue weighted by molar-refractivity contribution is 7.20. The van der Waals surface area contributed by atoms with E-state index < -0.39 is 6.43 Å². The van der Waals surface area contributed by atoms with Gasteiger partial charge in [-0.1, -0.05) is 5.16 Å². The molecule has 31 heavy (non-hydrogen) atoms. The maximum atomic E-state index is 12.3. The highest BCUT2D eigenvalue weighted by Gasteiger charge is 2.26.